The summed E-state index contributed by atoms with van der Waals surface area (Å²) in [5, 5.41) is 6.97. The Kier molecular flexibility index (Phi) is 4.91. The van der Waals surface area contributed by atoms with Gasteiger partial charge in [-0.3, -0.25) is 0 Å². The molecule has 0 atom stereocenters. The summed E-state index contributed by atoms with van der Waals surface area (Å²) in [6, 6.07) is 50.2. The van der Waals surface area contributed by atoms with Crippen molar-refractivity contribution in [3.8, 4) is 27.9 Å². The molecule has 11 rings (SSSR count). The predicted molar refractivity (Wildman–Crippen MR) is 198 cm³/mol. The average Bonchev–Trinajstić information content (AvgIpc) is 3.84. The summed E-state index contributed by atoms with van der Waals surface area (Å²) in [6.45, 7) is 4.70. The minimum Gasteiger partial charge on any atom is -0.456 e. The van der Waals surface area contributed by atoms with E-state index >= 15 is 0 Å². The molecule has 0 aliphatic heterocycles. The molecule has 0 N–H and O–H groups in total. The van der Waals surface area contributed by atoms with Gasteiger partial charge in [-0.25, -0.2) is 0 Å². The van der Waals surface area contributed by atoms with E-state index < -0.39 is 0 Å². The lowest BCUT2D eigenvalue weighted by Gasteiger charge is -2.21. The molecule has 3 heterocycles. The molecule has 0 saturated carbocycles. The van der Waals surface area contributed by atoms with Gasteiger partial charge in [0.2, 0.25) is 0 Å². The zero-order valence-corrected chi connectivity index (χ0v) is 26.5. The fraction of sp³-hybridized carbons (Fsp3) is 0.0667. The highest BCUT2D eigenvalue weighted by atomic mass is 16.3. The number of aromatic nitrogens is 1. The van der Waals surface area contributed by atoms with Crippen LogP contribution in [0.3, 0.4) is 0 Å². The van der Waals surface area contributed by atoms with E-state index in [1.54, 1.807) is 0 Å². The number of nitrogens with zero attached hydrogens (tertiary/aromatic N) is 1. The van der Waals surface area contributed by atoms with Gasteiger partial charge in [-0.05, 0) is 76.3 Å². The van der Waals surface area contributed by atoms with Crippen molar-refractivity contribution in [2.24, 2.45) is 0 Å². The molecule has 0 bridgehead atoms. The van der Waals surface area contributed by atoms with Crippen LogP contribution in [0, 0.1) is 0 Å². The van der Waals surface area contributed by atoms with Crippen LogP contribution in [0.2, 0.25) is 0 Å². The quantitative estimate of drug-likeness (QED) is 0.194. The molecule has 1 aliphatic carbocycles. The van der Waals surface area contributed by atoms with E-state index in [1.807, 2.05) is 18.2 Å². The molecule has 226 valence electrons. The third-order valence-electron chi connectivity index (χ3n) is 10.8. The fourth-order valence-corrected chi connectivity index (χ4v) is 8.58. The molecular formula is C45H29NO2. The number of hydrogen-bond acceptors (Lipinski definition) is 2. The van der Waals surface area contributed by atoms with E-state index in [0.717, 1.165) is 60.7 Å². The molecule has 0 unspecified atom stereocenters. The van der Waals surface area contributed by atoms with Gasteiger partial charge in [0.15, 0.2) is 0 Å². The second-order valence-electron chi connectivity index (χ2n) is 13.7. The highest BCUT2D eigenvalue weighted by Crippen LogP contribution is 2.51. The smallest absolute Gasteiger partial charge is 0.143 e. The second-order valence-corrected chi connectivity index (χ2v) is 13.7. The Bertz CT molecular complexity index is 2980. The highest BCUT2D eigenvalue weighted by molar-refractivity contribution is 6.18. The van der Waals surface area contributed by atoms with Gasteiger partial charge in [0.05, 0.1) is 11.0 Å². The Morgan fingerprint density at radius 2 is 1.15 bits per heavy atom. The van der Waals surface area contributed by atoms with Crippen molar-refractivity contribution in [2.75, 3.05) is 0 Å². The number of rotatable bonds is 2. The summed E-state index contributed by atoms with van der Waals surface area (Å²) >= 11 is 0. The van der Waals surface area contributed by atoms with Crippen molar-refractivity contribution in [1.82, 2.24) is 4.57 Å². The van der Waals surface area contributed by atoms with Gasteiger partial charge in [0, 0.05) is 49.0 Å². The molecule has 3 aromatic heterocycles. The first-order chi connectivity index (χ1) is 23.6. The lowest BCUT2D eigenvalue weighted by atomic mass is 9.82. The first-order valence-corrected chi connectivity index (χ1v) is 16.6. The maximum absolute atomic E-state index is 6.71. The van der Waals surface area contributed by atoms with Gasteiger partial charge < -0.3 is 13.4 Å². The number of hydrogen-bond donors (Lipinski definition) is 0. The number of para-hydroxylation sites is 3. The van der Waals surface area contributed by atoms with Gasteiger partial charge in [0.25, 0.3) is 0 Å². The van der Waals surface area contributed by atoms with Gasteiger partial charge in [0.1, 0.15) is 22.3 Å². The Morgan fingerprint density at radius 1 is 0.438 bits per heavy atom. The van der Waals surface area contributed by atoms with E-state index in [1.165, 1.54) is 44.1 Å². The van der Waals surface area contributed by atoms with Crippen LogP contribution in [0.5, 0.6) is 0 Å². The summed E-state index contributed by atoms with van der Waals surface area (Å²) in [5.74, 6) is 0. The molecule has 0 saturated heterocycles. The molecule has 0 fully saturated rings. The molecule has 0 amide bonds. The van der Waals surface area contributed by atoms with E-state index in [9.17, 15) is 0 Å². The number of fused-ring (bicyclic) bond motifs is 12. The van der Waals surface area contributed by atoms with Crippen LogP contribution in [0.25, 0.3) is 93.6 Å². The Hall–Kier alpha value is -6.06. The SMILES string of the molecule is CC1(C)c2ccccc2-c2cc3c4ccccc4n(-c4ccc5oc6c(-c7cccc8oc9ccccc9c78)cccc6c5c4)c3cc21. The molecular weight excluding hydrogens is 587 g/mol. The maximum Gasteiger partial charge on any atom is 0.143 e. The summed E-state index contributed by atoms with van der Waals surface area (Å²) in [6.07, 6.45) is 0. The number of furan rings is 2. The average molecular weight is 616 g/mol. The summed E-state index contributed by atoms with van der Waals surface area (Å²) in [5.41, 5.74) is 14.7. The predicted octanol–water partition coefficient (Wildman–Crippen LogP) is 12.6. The number of benzene rings is 7. The third kappa shape index (κ3) is 3.28. The molecule has 3 nitrogen and oxygen atoms in total. The zero-order chi connectivity index (χ0) is 31.7. The van der Waals surface area contributed by atoms with Crippen molar-refractivity contribution < 1.29 is 8.83 Å². The fourth-order valence-electron chi connectivity index (χ4n) is 8.58. The Labute approximate surface area is 276 Å². The van der Waals surface area contributed by atoms with E-state index in [2.05, 4.69) is 140 Å². The van der Waals surface area contributed by atoms with Gasteiger partial charge >= 0.3 is 0 Å². The van der Waals surface area contributed by atoms with E-state index in [4.69, 9.17) is 8.83 Å². The Balaban J connectivity index is 1.16. The maximum atomic E-state index is 6.71. The molecule has 0 radical (unpaired) electrons. The van der Waals surface area contributed by atoms with Crippen LogP contribution in [0.15, 0.2) is 148 Å². The minimum atomic E-state index is -0.0777. The summed E-state index contributed by atoms with van der Waals surface area (Å²) < 4.78 is 15.4. The third-order valence-corrected chi connectivity index (χ3v) is 10.8. The van der Waals surface area contributed by atoms with Crippen molar-refractivity contribution in [1.29, 1.82) is 0 Å². The van der Waals surface area contributed by atoms with Crippen LogP contribution >= 0.6 is 0 Å². The van der Waals surface area contributed by atoms with Crippen LogP contribution < -0.4 is 0 Å². The Morgan fingerprint density at radius 3 is 2.08 bits per heavy atom. The van der Waals surface area contributed by atoms with Crippen molar-refractivity contribution >= 4 is 65.7 Å². The van der Waals surface area contributed by atoms with Gasteiger partial charge in [-0.15, -0.1) is 0 Å². The zero-order valence-electron chi connectivity index (χ0n) is 26.5. The minimum absolute atomic E-state index is 0.0777. The van der Waals surface area contributed by atoms with Gasteiger partial charge in [-0.2, -0.15) is 0 Å². The molecule has 0 spiro atoms. The van der Waals surface area contributed by atoms with Crippen LogP contribution in [-0.4, -0.2) is 4.57 Å². The van der Waals surface area contributed by atoms with Crippen LogP contribution in [-0.2, 0) is 5.41 Å². The molecule has 3 heteroatoms. The lowest BCUT2D eigenvalue weighted by molar-refractivity contribution is 0.661. The lowest BCUT2D eigenvalue weighted by Crippen LogP contribution is -2.14. The topological polar surface area (TPSA) is 31.2 Å². The highest BCUT2D eigenvalue weighted by Gasteiger charge is 2.36. The molecule has 1 aliphatic rings. The standard InChI is InChI=1S/C45H29NO2/c1-45(2)36-17-6-3-11-27(36)33-24-34-28-12-4-7-18-38(28)46(39(34)25-37(33)45)26-21-22-41-35(23-26)31-16-9-15-30(44(31)48-41)29-14-10-20-42-43(29)32-13-5-8-19-40(32)47-42/h3-25H,1-2H3. The first-order valence-electron chi connectivity index (χ1n) is 16.6. The summed E-state index contributed by atoms with van der Waals surface area (Å²) in [4.78, 5) is 0. The van der Waals surface area contributed by atoms with Crippen molar-refractivity contribution in [3.05, 3.63) is 151 Å². The molecule has 10 aromatic rings. The monoisotopic (exact) mass is 615 g/mol. The van der Waals surface area contributed by atoms with E-state index in [0.29, 0.717) is 0 Å². The van der Waals surface area contributed by atoms with Gasteiger partial charge in [-0.1, -0.05) is 105 Å². The second kappa shape index (κ2) is 9.05. The van der Waals surface area contributed by atoms with Crippen LogP contribution in [0.4, 0.5) is 0 Å². The molecule has 48 heavy (non-hydrogen) atoms. The van der Waals surface area contributed by atoms with Crippen molar-refractivity contribution in [3.63, 3.8) is 0 Å². The summed E-state index contributed by atoms with van der Waals surface area (Å²) in [7, 11) is 0. The molecule has 7 aromatic carbocycles. The van der Waals surface area contributed by atoms with E-state index in [-0.39, 0.29) is 5.41 Å². The van der Waals surface area contributed by atoms with Crippen LogP contribution in [0.1, 0.15) is 25.0 Å². The largest absolute Gasteiger partial charge is 0.456 e. The van der Waals surface area contributed by atoms with Crippen molar-refractivity contribution in [2.45, 2.75) is 19.3 Å². The first kappa shape index (κ1) is 26.1. The normalized spacial score (nSPS) is 13.8.